The molecule has 0 aliphatic carbocycles. The fraction of sp³-hybridized carbons (Fsp3) is 0.324. The third-order valence-corrected chi connectivity index (χ3v) is 18.2. The van der Waals surface area contributed by atoms with Crippen LogP contribution in [0.15, 0.2) is 127 Å². The fourth-order valence-electron chi connectivity index (χ4n) is 13.8. The van der Waals surface area contributed by atoms with Gasteiger partial charge in [-0.1, -0.05) is 178 Å². The van der Waals surface area contributed by atoms with Gasteiger partial charge in [-0.25, -0.2) is 0 Å². The summed E-state index contributed by atoms with van der Waals surface area (Å²) in [6.45, 7) is 39.8. The zero-order valence-electron chi connectivity index (χ0n) is 48.0. The van der Waals surface area contributed by atoms with Crippen molar-refractivity contribution in [2.75, 3.05) is 4.90 Å². The third-order valence-electron chi connectivity index (χ3n) is 18.2. The van der Waals surface area contributed by atoms with Crippen LogP contribution < -0.4 is 26.0 Å². The number of benzene rings is 8. The highest BCUT2D eigenvalue weighted by Crippen LogP contribution is 2.53. The third kappa shape index (κ3) is 6.38. The maximum absolute atomic E-state index is 7.12. The van der Waals surface area contributed by atoms with Crippen molar-refractivity contribution in [1.82, 2.24) is 8.97 Å². The standard InChI is InChI=1S/C71H72BN3O/c1-66(2,3)39-21-26-44(27-22-39)73-57-20-18-19-50-62(57)72(53-37-48-45-31-40(67(4,5)6)23-28-54(45)74-55-29-24-41(68(7,8)9)32-49(55)61(64(48)74)65(53)73)52-36-46-47-33-43(70(13,14)15)35-60-63(47)75(58(46)38-51(52)71(50,16)17)56-30-25-42(69(10,11)12)34-59(56)76-60/h18-38H,1-17H3. The number of ether oxygens (including phenoxy) is 1. The molecule has 5 heteroatoms. The first-order chi connectivity index (χ1) is 35.6. The van der Waals surface area contributed by atoms with Crippen LogP contribution in [0.3, 0.4) is 0 Å². The SMILES string of the molecule is CC(C)(C)c1ccc(N2c3cccc4c3B(c3cc5c6cc(C(C)(C)C)cc7c6n(c5cc3C4(C)C)-c3ccc(C(C)(C)C)cc3O7)c3cc4c5cc(C(C)(C)C)ccc5n5c6ccc(C(C)(C)C)cc6c(c32)c45)cc1. The van der Waals surface area contributed by atoms with Crippen LogP contribution in [0.5, 0.6) is 11.5 Å². The van der Waals surface area contributed by atoms with E-state index in [0.717, 1.165) is 22.7 Å². The average Bonchev–Trinajstić information content (AvgIpc) is 4.00. The van der Waals surface area contributed by atoms with Crippen molar-refractivity contribution >= 4 is 100 Å². The van der Waals surface area contributed by atoms with E-state index in [9.17, 15) is 0 Å². The number of aromatic nitrogens is 2. The Morgan fingerprint density at radius 1 is 0.421 bits per heavy atom. The van der Waals surface area contributed by atoms with Crippen molar-refractivity contribution in [3.63, 3.8) is 0 Å². The Kier molecular flexibility index (Phi) is 9.20. The predicted octanol–water partition coefficient (Wildman–Crippen LogP) is 17.5. The largest absolute Gasteiger partial charge is 0.453 e. The molecule has 0 N–H and O–H groups in total. The lowest BCUT2D eigenvalue weighted by molar-refractivity contribution is 0.469. The molecule has 4 nitrogen and oxygen atoms in total. The first-order valence-corrected chi connectivity index (χ1v) is 28.0. The molecular weight excluding hydrogens is 922 g/mol. The van der Waals surface area contributed by atoms with Crippen molar-refractivity contribution in [2.45, 2.75) is 150 Å². The summed E-state index contributed by atoms with van der Waals surface area (Å²) in [6, 6.07) is 50.9. The number of hydrogen-bond acceptors (Lipinski definition) is 2. The van der Waals surface area contributed by atoms with Crippen molar-refractivity contribution in [1.29, 1.82) is 0 Å². The maximum atomic E-state index is 7.12. The highest BCUT2D eigenvalue weighted by molar-refractivity contribution is 6.99. The Bertz CT molecular complexity index is 4350. The van der Waals surface area contributed by atoms with Gasteiger partial charge in [-0.15, -0.1) is 0 Å². The molecule has 76 heavy (non-hydrogen) atoms. The molecule has 0 saturated carbocycles. The van der Waals surface area contributed by atoms with E-state index in [2.05, 4.69) is 259 Å². The number of fused-ring (bicyclic) bond motifs is 16. The zero-order valence-corrected chi connectivity index (χ0v) is 48.0. The van der Waals surface area contributed by atoms with Gasteiger partial charge in [0.15, 0.2) is 11.5 Å². The Balaban J connectivity index is 1.16. The lowest BCUT2D eigenvalue weighted by atomic mass is 9.30. The van der Waals surface area contributed by atoms with Gasteiger partial charge in [-0.2, -0.15) is 0 Å². The summed E-state index contributed by atoms with van der Waals surface area (Å²) in [7, 11) is 0. The van der Waals surface area contributed by atoms with Gasteiger partial charge in [0.2, 0.25) is 6.71 Å². The molecule has 0 amide bonds. The molecule has 3 aromatic heterocycles. The number of rotatable bonds is 1. The summed E-state index contributed by atoms with van der Waals surface area (Å²) in [4.78, 5) is 2.67. The summed E-state index contributed by atoms with van der Waals surface area (Å²) >= 11 is 0. The summed E-state index contributed by atoms with van der Waals surface area (Å²) < 4.78 is 12.3. The van der Waals surface area contributed by atoms with Gasteiger partial charge < -0.3 is 18.6 Å². The number of anilines is 3. The quantitative estimate of drug-likeness (QED) is 0.153. The van der Waals surface area contributed by atoms with E-state index in [1.54, 1.807) is 0 Å². The molecule has 0 atom stereocenters. The molecule has 0 bridgehead atoms. The minimum absolute atomic E-state index is 0.0137. The number of nitrogens with zero attached hydrogens (tertiary/aromatic N) is 3. The normalized spacial score (nSPS) is 15.3. The van der Waals surface area contributed by atoms with E-state index in [1.165, 1.54) is 127 Å². The molecule has 6 heterocycles. The summed E-state index contributed by atoms with van der Waals surface area (Å²) in [5.41, 5.74) is 24.0. The van der Waals surface area contributed by atoms with Gasteiger partial charge >= 0.3 is 0 Å². The van der Waals surface area contributed by atoms with Gasteiger partial charge in [0.25, 0.3) is 0 Å². The highest BCUT2D eigenvalue weighted by Gasteiger charge is 2.48. The molecule has 8 aromatic carbocycles. The molecule has 11 aromatic rings. The van der Waals surface area contributed by atoms with Gasteiger partial charge in [-0.3, -0.25) is 0 Å². The van der Waals surface area contributed by atoms with E-state index in [4.69, 9.17) is 4.74 Å². The van der Waals surface area contributed by atoms with Crippen LogP contribution in [-0.2, 0) is 32.5 Å². The maximum Gasteiger partial charge on any atom is 0.247 e. The van der Waals surface area contributed by atoms with Gasteiger partial charge in [0.05, 0.1) is 39.0 Å². The average molecular weight is 994 g/mol. The molecule has 0 unspecified atom stereocenters. The highest BCUT2D eigenvalue weighted by atomic mass is 16.5. The molecule has 3 aliphatic heterocycles. The van der Waals surface area contributed by atoms with E-state index < -0.39 is 0 Å². The van der Waals surface area contributed by atoms with Crippen molar-refractivity contribution < 1.29 is 4.74 Å². The summed E-state index contributed by atoms with van der Waals surface area (Å²) in [5.74, 6) is 1.85. The zero-order chi connectivity index (χ0) is 53.5. The molecule has 0 spiro atoms. The minimum Gasteiger partial charge on any atom is -0.453 e. The second-order valence-corrected chi connectivity index (χ2v) is 28.8. The van der Waals surface area contributed by atoms with Crippen LogP contribution in [0.1, 0.15) is 157 Å². The van der Waals surface area contributed by atoms with Crippen LogP contribution >= 0.6 is 0 Å². The van der Waals surface area contributed by atoms with Crippen LogP contribution in [0.4, 0.5) is 17.1 Å². The topological polar surface area (TPSA) is 21.8 Å². The molecule has 0 saturated heterocycles. The van der Waals surface area contributed by atoms with E-state index in [1.807, 2.05) is 0 Å². The molecule has 380 valence electrons. The van der Waals surface area contributed by atoms with E-state index in [0.29, 0.717) is 0 Å². The van der Waals surface area contributed by atoms with Gasteiger partial charge in [0, 0.05) is 49.1 Å². The Morgan fingerprint density at radius 3 is 1.59 bits per heavy atom. The predicted molar refractivity (Wildman–Crippen MR) is 327 cm³/mol. The summed E-state index contributed by atoms with van der Waals surface area (Å²) in [6.07, 6.45) is 0. The second-order valence-electron chi connectivity index (χ2n) is 28.8. The lowest BCUT2D eigenvalue weighted by Crippen LogP contribution is -2.64. The Hall–Kier alpha value is -6.98. The number of hydrogen-bond donors (Lipinski definition) is 0. The van der Waals surface area contributed by atoms with E-state index >= 15 is 0 Å². The Morgan fingerprint density at radius 2 is 0.947 bits per heavy atom. The van der Waals surface area contributed by atoms with Crippen LogP contribution in [-0.4, -0.2) is 15.7 Å². The second kappa shape index (κ2) is 14.7. The molecule has 0 radical (unpaired) electrons. The first kappa shape index (κ1) is 47.5. The molecule has 3 aliphatic rings. The van der Waals surface area contributed by atoms with Crippen LogP contribution in [0, 0.1) is 0 Å². The monoisotopic (exact) mass is 994 g/mol. The first-order valence-electron chi connectivity index (χ1n) is 28.0. The van der Waals surface area contributed by atoms with Crippen molar-refractivity contribution in [3.8, 4) is 17.2 Å². The van der Waals surface area contributed by atoms with Crippen molar-refractivity contribution in [2.24, 2.45) is 0 Å². The molecular formula is C71H72BN3O. The van der Waals surface area contributed by atoms with Crippen LogP contribution in [0.2, 0.25) is 0 Å². The molecule has 14 rings (SSSR count). The fourth-order valence-corrected chi connectivity index (χ4v) is 13.8. The van der Waals surface area contributed by atoms with E-state index in [-0.39, 0.29) is 39.2 Å². The van der Waals surface area contributed by atoms with Gasteiger partial charge in [-0.05, 0) is 150 Å². The summed E-state index contributed by atoms with van der Waals surface area (Å²) in [5, 5.41) is 7.80. The van der Waals surface area contributed by atoms with Crippen LogP contribution in [0.25, 0.3) is 65.6 Å². The minimum atomic E-state index is -0.336. The molecule has 0 fully saturated rings. The van der Waals surface area contributed by atoms with Gasteiger partial charge in [0.1, 0.15) is 0 Å². The lowest BCUT2D eigenvalue weighted by Gasteiger charge is -2.45. The Labute approximate surface area is 450 Å². The van der Waals surface area contributed by atoms with Crippen molar-refractivity contribution in [3.05, 3.63) is 166 Å². The smallest absolute Gasteiger partial charge is 0.247 e.